The molecule has 1 aromatic carbocycles. The lowest BCUT2D eigenvalue weighted by atomic mass is 10.1. The van der Waals surface area contributed by atoms with Gasteiger partial charge in [0.2, 0.25) is 0 Å². The van der Waals surface area contributed by atoms with Gasteiger partial charge in [0.25, 0.3) is 0 Å². The number of halogens is 3. The smallest absolute Gasteiger partial charge is 0.166 e. The number of alkyl halides is 3. The largest absolute Gasteiger partial charge is 0.416 e. The van der Waals surface area contributed by atoms with Crippen molar-refractivity contribution in [2.45, 2.75) is 13.1 Å². The first-order valence-electron chi connectivity index (χ1n) is 3.14. The van der Waals surface area contributed by atoms with Crippen LogP contribution in [0.15, 0.2) is 24.3 Å². The van der Waals surface area contributed by atoms with Crippen molar-refractivity contribution >= 4 is 0 Å². The molecular formula is C8H7F3. The third-order valence-electron chi connectivity index (χ3n) is 1.35. The Hall–Kier alpha value is -0.990. The van der Waals surface area contributed by atoms with Crippen LogP contribution in [0, 0.1) is 6.92 Å². The van der Waals surface area contributed by atoms with E-state index in [1.54, 1.807) is 13.0 Å². The highest BCUT2D eigenvalue weighted by molar-refractivity contribution is 5.24. The number of rotatable bonds is 0. The Bertz CT molecular complexity index is 250. The summed E-state index contributed by atoms with van der Waals surface area (Å²) in [6, 6.07) is 5.22. The lowest BCUT2D eigenvalue weighted by Crippen LogP contribution is -2.04. The van der Waals surface area contributed by atoms with E-state index < -0.39 is 11.7 Å². The molecule has 0 nitrogen and oxygen atoms in total. The molecule has 0 radical (unpaired) electrons. The normalized spacial score (nSPS) is 11.6. The lowest BCUT2D eigenvalue weighted by molar-refractivity contribution is -0.137. The van der Waals surface area contributed by atoms with Crippen molar-refractivity contribution in [3.05, 3.63) is 35.4 Å². The molecule has 0 aliphatic rings. The molecule has 3 heteroatoms. The predicted octanol–water partition coefficient (Wildman–Crippen LogP) is 3.01. The minimum Gasteiger partial charge on any atom is -0.166 e. The van der Waals surface area contributed by atoms with Crippen molar-refractivity contribution in [3.63, 3.8) is 0 Å². The lowest BCUT2D eigenvalue weighted by Gasteiger charge is -2.05. The highest BCUT2D eigenvalue weighted by atomic mass is 19.4. The molecule has 60 valence electrons. The van der Waals surface area contributed by atoms with E-state index in [4.69, 9.17) is 0 Å². The van der Waals surface area contributed by atoms with Gasteiger partial charge in [-0.05, 0) is 13.0 Å². The summed E-state index contributed by atoms with van der Waals surface area (Å²) in [5.41, 5.74) is 0.0392. The van der Waals surface area contributed by atoms with Crippen LogP contribution in [-0.4, -0.2) is 0 Å². The summed E-state index contributed by atoms with van der Waals surface area (Å²) in [5, 5.41) is 0. The molecule has 0 fully saturated rings. The Labute approximate surface area is 62.7 Å². The van der Waals surface area contributed by atoms with Crippen molar-refractivity contribution in [1.29, 1.82) is 0 Å². The quantitative estimate of drug-likeness (QED) is 0.547. The SMILES string of the molecule is Cc1cccc(C(F)(F)F)c1. The van der Waals surface area contributed by atoms with Gasteiger partial charge in [0.05, 0.1) is 5.56 Å². The zero-order valence-corrected chi connectivity index (χ0v) is 5.94. The predicted molar refractivity (Wildman–Crippen MR) is 36.2 cm³/mol. The molecule has 0 atom stereocenters. The van der Waals surface area contributed by atoms with Crippen molar-refractivity contribution in [1.82, 2.24) is 0 Å². The Balaban J connectivity index is 3.06. The number of benzene rings is 1. The van der Waals surface area contributed by atoms with Gasteiger partial charge in [0, 0.05) is 0 Å². The second-order valence-electron chi connectivity index (χ2n) is 2.37. The zero-order valence-electron chi connectivity index (χ0n) is 5.94. The van der Waals surface area contributed by atoms with Gasteiger partial charge in [-0.1, -0.05) is 23.8 Å². The van der Waals surface area contributed by atoms with Crippen molar-refractivity contribution in [2.75, 3.05) is 0 Å². The van der Waals surface area contributed by atoms with E-state index in [0.717, 1.165) is 12.1 Å². The summed E-state index contributed by atoms with van der Waals surface area (Å²) in [6.45, 7) is 1.63. The topological polar surface area (TPSA) is 0 Å². The van der Waals surface area contributed by atoms with Crippen molar-refractivity contribution < 1.29 is 13.2 Å². The van der Waals surface area contributed by atoms with Crippen LogP contribution in [0.3, 0.4) is 0 Å². The number of aryl methyl sites for hydroxylation is 1. The fraction of sp³-hybridized carbons (Fsp3) is 0.250. The van der Waals surface area contributed by atoms with Gasteiger partial charge < -0.3 is 0 Å². The van der Waals surface area contributed by atoms with E-state index in [1.807, 2.05) is 0 Å². The average molecular weight is 160 g/mol. The van der Waals surface area contributed by atoms with Crippen LogP contribution in [0.25, 0.3) is 0 Å². The van der Waals surface area contributed by atoms with Gasteiger partial charge in [0.1, 0.15) is 0 Å². The maximum atomic E-state index is 12.0. The molecule has 0 saturated carbocycles. The van der Waals surface area contributed by atoms with Crippen molar-refractivity contribution in [2.24, 2.45) is 0 Å². The summed E-state index contributed by atoms with van der Waals surface area (Å²) >= 11 is 0. The minimum absolute atomic E-state index is 0.586. The number of hydrogen-bond donors (Lipinski definition) is 0. The first-order chi connectivity index (χ1) is 5.00. The monoisotopic (exact) mass is 160 g/mol. The molecule has 0 amide bonds. The van der Waals surface area contributed by atoms with E-state index >= 15 is 0 Å². The molecule has 0 bridgehead atoms. The van der Waals surface area contributed by atoms with E-state index in [9.17, 15) is 13.2 Å². The molecule has 0 heterocycles. The maximum absolute atomic E-state index is 12.0. The Morgan fingerprint density at radius 2 is 1.82 bits per heavy atom. The molecule has 0 aliphatic heterocycles. The van der Waals surface area contributed by atoms with Gasteiger partial charge in [0.15, 0.2) is 0 Å². The van der Waals surface area contributed by atoms with Crippen LogP contribution >= 0.6 is 0 Å². The molecule has 0 N–H and O–H groups in total. The van der Waals surface area contributed by atoms with E-state index in [-0.39, 0.29) is 0 Å². The van der Waals surface area contributed by atoms with Crippen LogP contribution in [-0.2, 0) is 6.18 Å². The van der Waals surface area contributed by atoms with Gasteiger partial charge in [-0.25, -0.2) is 0 Å². The van der Waals surface area contributed by atoms with Crippen LogP contribution < -0.4 is 0 Å². The Kier molecular flexibility index (Phi) is 1.89. The summed E-state index contributed by atoms with van der Waals surface area (Å²) in [7, 11) is 0. The molecule has 1 aromatic rings. The summed E-state index contributed by atoms with van der Waals surface area (Å²) < 4.78 is 35.9. The summed E-state index contributed by atoms with van der Waals surface area (Å²) in [4.78, 5) is 0. The second kappa shape index (κ2) is 2.57. The molecule has 0 unspecified atom stereocenters. The molecule has 1 rings (SSSR count). The first-order valence-corrected chi connectivity index (χ1v) is 3.14. The fourth-order valence-electron chi connectivity index (χ4n) is 0.821. The summed E-state index contributed by atoms with van der Waals surface area (Å²) in [5.74, 6) is 0. The zero-order chi connectivity index (χ0) is 8.48. The molecule has 0 saturated heterocycles. The standard InChI is InChI=1S/C8H7F3/c1-6-3-2-4-7(5-6)8(9,10)11/h2-5H,1H3. The molecular weight excluding hydrogens is 153 g/mol. The average Bonchev–Trinajstić information content (AvgIpc) is 1.86. The number of hydrogen-bond acceptors (Lipinski definition) is 0. The molecule has 11 heavy (non-hydrogen) atoms. The van der Waals surface area contributed by atoms with Crippen LogP contribution in [0.2, 0.25) is 0 Å². The van der Waals surface area contributed by atoms with E-state index in [0.29, 0.717) is 5.56 Å². The highest BCUT2D eigenvalue weighted by Crippen LogP contribution is 2.29. The van der Waals surface area contributed by atoms with Crippen LogP contribution in [0.1, 0.15) is 11.1 Å². The Morgan fingerprint density at radius 3 is 2.18 bits per heavy atom. The third-order valence-corrected chi connectivity index (χ3v) is 1.35. The molecule has 0 aliphatic carbocycles. The van der Waals surface area contributed by atoms with E-state index in [2.05, 4.69) is 0 Å². The minimum atomic E-state index is -4.22. The highest BCUT2D eigenvalue weighted by Gasteiger charge is 2.29. The van der Waals surface area contributed by atoms with Gasteiger partial charge in [-0.3, -0.25) is 0 Å². The maximum Gasteiger partial charge on any atom is 0.416 e. The van der Waals surface area contributed by atoms with Gasteiger partial charge in [-0.2, -0.15) is 13.2 Å². The summed E-state index contributed by atoms with van der Waals surface area (Å²) in [6.07, 6.45) is -4.22. The van der Waals surface area contributed by atoms with Crippen LogP contribution in [0.4, 0.5) is 13.2 Å². The second-order valence-corrected chi connectivity index (χ2v) is 2.37. The van der Waals surface area contributed by atoms with Gasteiger partial charge >= 0.3 is 6.18 Å². The van der Waals surface area contributed by atoms with Gasteiger partial charge in [-0.15, -0.1) is 0 Å². The molecule has 0 aromatic heterocycles. The molecule has 0 spiro atoms. The van der Waals surface area contributed by atoms with E-state index in [1.165, 1.54) is 6.07 Å². The Morgan fingerprint density at radius 1 is 1.18 bits per heavy atom. The fourth-order valence-corrected chi connectivity index (χ4v) is 0.821. The van der Waals surface area contributed by atoms with Crippen molar-refractivity contribution in [3.8, 4) is 0 Å². The first kappa shape index (κ1) is 8.11. The third kappa shape index (κ3) is 1.97. The van der Waals surface area contributed by atoms with Crippen LogP contribution in [0.5, 0.6) is 0 Å².